The van der Waals surface area contributed by atoms with E-state index in [2.05, 4.69) is 158 Å². The van der Waals surface area contributed by atoms with Crippen LogP contribution in [0.25, 0.3) is 122 Å². The Morgan fingerprint density at radius 3 is 1.57 bits per heavy atom. The lowest BCUT2D eigenvalue weighted by Gasteiger charge is -2.12. The minimum Gasteiger partial charge on any atom is -0.456 e. The monoisotopic (exact) mass is 714 g/mol. The lowest BCUT2D eigenvalue weighted by molar-refractivity contribution is 0.667. The summed E-state index contributed by atoms with van der Waals surface area (Å²) < 4.78 is 12.8. The van der Waals surface area contributed by atoms with Gasteiger partial charge >= 0.3 is 0 Å². The first-order valence-corrected chi connectivity index (χ1v) is 18.9. The molecule has 0 unspecified atom stereocenters. The summed E-state index contributed by atoms with van der Waals surface area (Å²) in [6.07, 6.45) is 0. The van der Waals surface area contributed by atoms with Gasteiger partial charge in [0.1, 0.15) is 28.0 Å². The van der Waals surface area contributed by atoms with Crippen molar-refractivity contribution in [1.29, 1.82) is 0 Å². The fourth-order valence-corrected chi connectivity index (χ4v) is 8.61. The fourth-order valence-electron chi connectivity index (χ4n) is 8.61. The molecule has 3 heterocycles. The van der Waals surface area contributed by atoms with Crippen LogP contribution in [0.15, 0.2) is 191 Å². The summed E-state index contributed by atoms with van der Waals surface area (Å²) in [5.74, 6) is 0.652. The third-order valence-electron chi connectivity index (χ3n) is 11.2. The van der Waals surface area contributed by atoms with Gasteiger partial charge in [-0.15, -0.1) is 0 Å². The molecule has 0 aliphatic heterocycles. The van der Waals surface area contributed by atoms with E-state index in [-0.39, 0.29) is 0 Å². The number of hydrogen-bond donors (Lipinski definition) is 0. The Morgan fingerprint density at radius 1 is 0.304 bits per heavy atom. The predicted molar refractivity (Wildman–Crippen MR) is 230 cm³/mol. The van der Waals surface area contributed by atoms with Crippen molar-refractivity contribution in [2.75, 3.05) is 0 Å². The summed E-state index contributed by atoms with van der Waals surface area (Å²) in [6.45, 7) is 0. The zero-order valence-corrected chi connectivity index (χ0v) is 30.0. The lowest BCUT2D eigenvalue weighted by Crippen LogP contribution is -1.94. The normalized spacial score (nSPS) is 11.9. The molecule has 12 aromatic rings. The van der Waals surface area contributed by atoms with E-state index in [4.69, 9.17) is 18.8 Å². The van der Waals surface area contributed by atoms with Gasteiger partial charge in [0.25, 0.3) is 0 Å². The second kappa shape index (κ2) is 12.0. The van der Waals surface area contributed by atoms with Crippen LogP contribution < -0.4 is 0 Å². The molecule has 0 saturated heterocycles. The third-order valence-corrected chi connectivity index (χ3v) is 11.2. The molecule has 4 nitrogen and oxygen atoms in total. The van der Waals surface area contributed by atoms with Gasteiger partial charge in [-0.3, -0.25) is 0 Å². The van der Waals surface area contributed by atoms with Crippen LogP contribution in [-0.4, -0.2) is 9.97 Å². The standard InChI is InChI=1S/C52H30N2O2/c1-2-11-31(12-3-1)32-13-7-17-37(28-32)49-51-50(42-19-4-5-22-44(42)56-51)54-52(53-49)38-18-8-16-35(29-38)33-14-6-15-34(27-33)36-25-26-39-40-20-9-23-45-47(40)48-41(43(39)30-36)21-10-24-46(48)55-45/h1-30H. The van der Waals surface area contributed by atoms with Gasteiger partial charge in [-0.25, -0.2) is 9.97 Å². The van der Waals surface area contributed by atoms with Gasteiger partial charge in [0.2, 0.25) is 0 Å². The van der Waals surface area contributed by atoms with Crippen LogP contribution in [-0.2, 0) is 0 Å². The molecule has 3 aromatic heterocycles. The molecule has 0 amide bonds. The number of nitrogens with zero attached hydrogens (tertiary/aromatic N) is 2. The largest absolute Gasteiger partial charge is 0.456 e. The molecule has 0 aliphatic carbocycles. The zero-order valence-electron chi connectivity index (χ0n) is 30.0. The Balaban J connectivity index is 0.978. The summed E-state index contributed by atoms with van der Waals surface area (Å²) in [5, 5.41) is 8.28. The van der Waals surface area contributed by atoms with Crippen molar-refractivity contribution in [2.45, 2.75) is 0 Å². The first kappa shape index (κ1) is 30.9. The third kappa shape index (κ3) is 4.73. The molecule has 4 heteroatoms. The summed E-state index contributed by atoms with van der Waals surface area (Å²) >= 11 is 0. The highest BCUT2D eigenvalue weighted by atomic mass is 16.3. The van der Waals surface area contributed by atoms with Crippen LogP contribution in [0, 0.1) is 0 Å². The van der Waals surface area contributed by atoms with Gasteiger partial charge in [-0.1, -0.05) is 133 Å². The molecule has 0 aliphatic rings. The topological polar surface area (TPSA) is 52.1 Å². The van der Waals surface area contributed by atoms with Gasteiger partial charge in [-0.2, -0.15) is 0 Å². The van der Waals surface area contributed by atoms with E-state index in [1.54, 1.807) is 0 Å². The first-order valence-electron chi connectivity index (χ1n) is 18.9. The van der Waals surface area contributed by atoms with E-state index in [1.165, 1.54) is 37.9 Å². The molecule has 0 atom stereocenters. The van der Waals surface area contributed by atoms with Crippen LogP contribution in [0.5, 0.6) is 0 Å². The highest BCUT2D eigenvalue weighted by Gasteiger charge is 2.20. The minimum atomic E-state index is 0.652. The second-order valence-electron chi connectivity index (χ2n) is 14.5. The van der Waals surface area contributed by atoms with E-state index < -0.39 is 0 Å². The van der Waals surface area contributed by atoms with E-state index in [1.807, 2.05) is 24.3 Å². The summed E-state index contributed by atoms with van der Waals surface area (Å²) in [5.41, 5.74) is 13.6. The van der Waals surface area contributed by atoms with Gasteiger partial charge in [0, 0.05) is 27.3 Å². The van der Waals surface area contributed by atoms with Crippen LogP contribution in [0.4, 0.5) is 0 Å². The van der Waals surface area contributed by atoms with Crippen molar-refractivity contribution in [1.82, 2.24) is 9.97 Å². The number of furan rings is 2. The number of aromatic nitrogens is 2. The van der Waals surface area contributed by atoms with E-state index in [0.717, 1.165) is 72.3 Å². The maximum absolute atomic E-state index is 6.47. The SMILES string of the molecule is c1ccc(-c2cccc(-c3nc(-c4cccc(-c5cccc(-c6ccc7c(c6)c6cccc8oc9cccc7c9c86)c5)c4)nc4c3oc3ccccc34)c2)cc1. The zero-order chi connectivity index (χ0) is 36.7. The molecular formula is C52H30N2O2. The molecule has 12 rings (SSSR count). The number of rotatable bonds is 5. The van der Waals surface area contributed by atoms with Crippen LogP contribution in [0.2, 0.25) is 0 Å². The van der Waals surface area contributed by atoms with E-state index in [9.17, 15) is 0 Å². The van der Waals surface area contributed by atoms with Crippen molar-refractivity contribution in [2.24, 2.45) is 0 Å². The van der Waals surface area contributed by atoms with Crippen molar-refractivity contribution >= 4 is 65.6 Å². The quantitative estimate of drug-likeness (QED) is 0.167. The summed E-state index contributed by atoms with van der Waals surface area (Å²) in [6, 6.07) is 63.9. The Morgan fingerprint density at radius 2 is 0.821 bits per heavy atom. The average Bonchev–Trinajstić information content (AvgIpc) is 3.85. The fraction of sp³-hybridized carbons (Fsp3) is 0. The molecule has 0 saturated carbocycles. The van der Waals surface area contributed by atoms with E-state index in [0.29, 0.717) is 11.4 Å². The molecule has 9 aromatic carbocycles. The van der Waals surface area contributed by atoms with Crippen molar-refractivity contribution in [3.63, 3.8) is 0 Å². The second-order valence-corrected chi connectivity index (χ2v) is 14.5. The van der Waals surface area contributed by atoms with Gasteiger partial charge in [-0.05, 0) is 103 Å². The maximum Gasteiger partial charge on any atom is 0.180 e. The number of fused-ring (bicyclic) bond motifs is 6. The number of hydrogen-bond acceptors (Lipinski definition) is 4. The van der Waals surface area contributed by atoms with Gasteiger partial charge in [0.05, 0.1) is 0 Å². The average molecular weight is 715 g/mol. The summed E-state index contributed by atoms with van der Waals surface area (Å²) in [4.78, 5) is 10.4. The Kier molecular flexibility index (Phi) is 6.60. The van der Waals surface area contributed by atoms with Gasteiger partial charge in [0.15, 0.2) is 11.4 Å². The highest BCUT2D eigenvalue weighted by Crippen LogP contribution is 2.44. The molecule has 0 spiro atoms. The Labute approximate surface area is 321 Å². The highest BCUT2D eigenvalue weighted by molar-refractivity contribution is 6.33. The van der Waals surface area contributed by atoms with Crippen molar-refractivity contribution in [3.8, 4) is 56.0 Å². The van der Waals surface area contributed by atoms with Crippen molar-refractivity contribution in [3.05, 3.63) is 182 Å². The Hall–Kier alpha value is -7.56. The lowest BCUT2D eigenvalue weighted by atomic mass is 9.91. The van der Waals surface area contributed by atoms with Crippen LogP contribution in [0.1, 0.15) is 0 Å². The van der Waals surface area contributed by atoms with E-state index >= 15 is 0 Å². The van der Waals surface area contributed by atoms with Crippen LogP contribution >= 0.6 is 0 Å². The predicted octanol–water partition coefficient (Wildman–Crippen LogP) is 14.4. The Bertz CT molecular complexity index is 3480. The number of benzene rings is 9. The smallest absolute Gasteiger partial charge is 0.180 e. The molecular weight excluding hydrogens is 685 g/mol. The molecule has 260 valence electrons. The summed E-state index contributed by atoms with van der Waals surface area (Å²) in [7, 11) is 0. The maximum atomic E-state index is 6.47. The number of para-hydroxylation sites is 1. The minimum absolute atomic E-state index is 0.652. The molecule has 56 heavy (non-hydrogen) atoms. The molecule has 0 radical (unpaired) electrons. The molecule has 0 bridgehead atoms. The van der Waals surface area contributed by atoms with Crippen molar-refractivity contribution < 1.29 is 8.83 Å². The first-order chi connectivity index (χ1) is 27.7. The van der Waals surface area contributed by atoms with Gasteiger partial charge < -0.3 is 8.83 Å². The molecule has 0 N–H and O–H groups in total. The van der Waals surface area contributed by atoms with Crippen LogP contribution in [0.3, 0.4) is 0 Å². The molecule has 0 fully saturated rings.